The van der Waals surface area contributed by atoms with Gasteiger partial charge in [0, 0.05) is 19.1 Å². The Balaban J connectivity index is 2.48. The topological polar surface area (TPSA) is 12.5 Å². The van der Waals surface area contributed by atoms with E-state index < -0.39 is 0 Å². The number of morpholine rings is 1. The van der Waals surface area contributed by atoms with Crippen molar-refractivity contribution >= 4 is 0 Å². The highest BCUT2D eigenvalue weighted by Crippen LogP contribution is 2.07. The van der Waals surface area contributed by atoms with E-state index in [0.717, 1.165) is 32.7 Å². The molecular formula is C11H19NO. The van der Waals surface area contributed by atoms with E-state index in [4.69, 9.17) is 4.74 Å². The van der Waals surface area contributed by atoms with Crippen LogP contribution in [-0.2, 0) is 4.74 Å². The predicted molar refractivity (Wildman–Crippen MR) is 54.8 cm³/mol. The van der Waals surface area contributed by atoms with Crippen molar-refractivity contribution in [2.24, 2.45) is 0 Å². The van der Waals surface area contributed by atoms with Gasteiger partial charge in [-0.15, -0.1) is 5.73 Å². The summed E-state index contributed by atoms with van der Waals surface area (Å²) in [5.74, 6) is 0. The van der Waals surface area contributed by atoms with Gasteiger partial charge in [-0.05, 0) is 25.5 Å². The molecule has 0 saturated carbocycles. The van der Waals surface area contributed by atoms with Crippen LogP contribution in [0.4, 0.5) is 0 Å². The molecule has 13 heavy (non-hydrogen) atoms. The number of ether oxygens (including phenoxy) is 1. The first-order valence-electron chi connectivity index (χ1n) is 5.07. The van der Waals surface area contributed by atoms with E-state index in [9.17, 15) is 0 Å². The van der Waals surface area contributed by atoms with Crippen LogP contribution in [0.2, 0.25) is 0 Å². The third-order valence-corrected chi connectivity index (χ3v) is 2.39. The molecular weight excluding hydrogens is 162 g/mol. The Labute approximate surface area is 80.9 Å². The Kier molecular flexibility index (Phi) is 4.84. The molecule has 74 valence electrons. The third-order valence-electron chi connectivity index (χ3n) is 2.39. The fourth-order valence-corrected chi connectivity index (χ4v) is 1.60. The Morgan fingerprint density at radius 3 is 2.69 bits per heavy atom. The Morgan fingerprint density at radius 2 is 2.15 bits per heavy atom. The molecule has 0 aromatic carbocycles. The number of rotatable bonds is 3. The second kappa shape index (κ2) is 5.98. The first-order valence-corrected chi connectivity index (χ1v) is 5.07. The van der Waals surface area contributed by atoms with Crippen LogP contribution in [0.3, 0.4) is 0 Å². The molecule has 1 heterocycles. The summed E-state index contributed by atoms with van der Waals surface area (Å²) in [6, 6.07) is 0.542. The Hall–Kier alpha value is -0.560. The molecule has 1 rings (SSSR count). The average Bonchev–Trinajstić information content (AvgIpc) is 2.21. The smallest absolute Gasteiger partial charge is 0.0594 e. The van der Waals surface area contributed by atoms with Crippen molar-refractivity contribution in [3.05, 3.63) is 17.9 Å². The minimum Gasteiger partial charge on any atom is -0.379 e. The molecule has 1 aliphatic heterocycles. The lowest BCUT2D eigenvalue weighted by molar-refractivity contribution is 0.0251. The van der Waals surface area contributed by atoms with Gasteiger partial charge in [-0.1, -0.05) is 6.92 Å². The molecule has 0 aromatic rings. The van der Waals surface area contributed by atoms with Crippen LogP contribution in [0.15, 0.2) is 17.9 Å². The van der Waals surface area contributed by atoms with Gasteiger partial charge in [0.15, 0.2) is 0 Å². The van der Waals surface area contributed by atoms with Crippen LogP contribution < -0.4 is 0 Å². The monoisotopic (exact) mass is 181 g/mol. The summed E-state index contributed by atoms with van der Waals surface area (Å²) in [5.41, 5.74) is 3.16. The SMILES string of the molecule is CC=C=CC(CC)N1CCOCC1. The van der Waals surface area contributed by atoms with Gasteiger partial charge >= 0.3 is 0 Å². The largest absolute Gasteiger partial charge is 0.379 e. The van der Waals surface area contributed by atoms with Crippen LogP contribution in [0.25, 0.3) is 0 Å². The van der Waals surface area contributed by atoms with Crippen molar-refractivity contribution in [1.29, 1.82) is 0 Å². The summed E-state index contributed by atoms with van der Waals surface area (Å²) in [6.45, 7) is 8.08. The number of nitrogens with zero attached hydrogens (tertiary/aromatic N) is 1. The normalized spacial score (nSPS) is 20.5. The predicted octanol–water partition coefficient (Wildman–Crippen LogP) is 1.83. The molecule has 2 heteroatoms. The zero-order valence-corrected chi connectivity index (χ0v) is 8.62. The molecule has 0 bridgehead atoms. The molecule has 2 nitrogen and oxygen atoms in total. The Morgan fingerprint density at radius 1 is 1.46 bits per heavy atom. The van der Waals surface area contributed by atoms with E-state index in [2.05, 4.69) is 23.6 Å². The van der Waals surface area contributed by atoms with Gasteiger partial charge in [0.05, 0.1) is 13.2 Å². The summed E-state index contributed by atoms with van der Waals surface area (Å²) >= 11 is 0. The molecule has 0 aromatic heterocycles. The third kappa shape index (κ3) is 3.35. The molecule has 1 fully saturated rings. The van der Waals surface area contributed by atoms with Crippen LogP contribution in [0, 0.1) is 0 Å². The van der Waals surface area contributed by atoms with E-state index in [1.165, 1.54) is 0 Å². The summed E-state index contributed by atoms with van der Waals surface area (Å²) < 4.78 is 5.32. The van der Waals surface area contributed by atoms with Gasteiger partial charge in [0.1, 0.15) is 0 Å². The maximum atomic E-state index is 5.32. The quantitative estimate of drug-likeness (QED) is 0.616. The van der Waals surface area contributed by atoms with Gasteiger partial charge in [0.2, 0.25) is 0 Å². The molecule has 0 radical (unpaired) electrons. The fourth-order valence-electron chi connectivity index (χ4n) is 1.60. The van der Waals surface area contributed by atoms with E-state index in [1.807, 2.05) is 13.0 Å². The van der Waals surface area contributed by atoms with Crippen molar-refractivity contribution in [3.63, 3.8) is 0 Å². The highest BCUT2D eigenvalue weighted by atomic mass is 16.5. The zero-order chi connectivity index (χ0) is 9.52. The molecule has 1 aliphatic rings. The number of hydrogen-bond donors (Lipinski definition) is 0. The van der Waals surface area contributed by atoms with E-state index in [-0.39, 0.29) is 0 Å². The van der Waals surface area contributed by atoms with Gasteiger partial charge in [0.25, 0.3) is 0 Å². The van der Waals surface area contributed by atoms with Crippen LogP contribution in [0.1, 0.15) is 20.3 Å². The molecule has 0 amide bonds. The van der Waals surface area contributed by atoms with E-state index in [0.29, 0.717) is 6.04 Å². The van der Waals surface area contributed by atoms with Crippen molar-refractivity contribution in [2.45, 2.75) is 26.3 Å². The minimum atomic E-state index is 0.542. The molecule has 1 unspecified atom stereocenters. The first kappa shape index (κ1) is 10.5. The van der Waals surface area contributed by atoms with Crippen molar-refractivity contribution in [3.8, 4) is 0 Å². The molecule has 1 saturated heterocycles. The molecule has 1 atom stereocenters. The second-order valence-electron chi connectivity index (χ2n) is 3.25. The molecule has 0 spiro atoms. The summed E-state index contributed by atoms with van der Waals surface area (Å²) in [4.78, 5) is 2.46. The van der Waals surface area contributed by atoms with Crippen molar-refractivity contribution in [2.75, 3.05) is 26.3 Å². The first-order chi connectivity index (χ1) is 6.38. The fraction of sp³-hybridized carbons (Fsp3) is 0.727. The van der Waals surface area contributed by atoms with Crippen molar-refractivity contribution in [1.82, 2.24) is 4.90 Å². The zero-order valence-electron chi connectivity index (χ0n) is 8.62. The van der Waals surface area contributed by atoms with Gasteiger partial charge in [-0.25, -0.2) is 0 Å². The summed E-state index contributed by atoms with van der Waals surface area (Å²) in [6.07, 6.45) is 5.27. The highest BCUT2D eigenvalue weighted by molar-refractivity contribution is 4.93. The van der Waals surface area contributed by atoms with Crippen LogP contribution >= 0.6 is 0 Å². The van der Waals surface area contributed by atoms with Crippen LogP contribution in [-0.4, -0.2) is 37.2 Å². The minimum absolute atomic E-state index is 0.542. The standard InChI is InChI=1S/C11H19NO/c1-3-5-6-11(4-2)12-7-9-13-10-8-12/h3,6,11H,4,7-10H2,1-2H3. The second-order valence-corrected chi connectivity index (χ2v) is 3.25. The van der Waals surface area contributed by atoms with Gasteiger partial charge in [-0.3, -0.25) is 4.90 Å². The lowest BCUT2D eigenvalue weighted by Crippen LogP contribution is -2.42. The summed E-state index contributed by atoms with van der Waals surface area (Å²) in [7, 11) is 0. The lowest BCUT2D eigenvalue weighted by Gasteiger charge is -2.31. The van der Waals surface area contributed by atoms with Gasteiger partial charge in [-0.2, -0.15) is 0 Å². The van der Waals surface area contributed by atoms with E-state index in [1.54, 1.807) is 0 Å². The van der Waals surface area contributed by atoms with Gasteiger partial charge < -0.3 is 4.74 Å². The Bertz CT molecular complexity index is 188. The van der Waals surface area contributed by atoms with Crippen LogP contribution in [0.5, 0.6) is 0 Å². The maximum absolute atomic E-state index is 5.32. The molecule has 0 N–H and O–H groups in total. The van der Waals surface area contributed by atoms with Crippen molar-refractivity contribution < 1.29 is 4.74 Å². The number of hydrogen-bond acceptors (Lipinski definition) is 2. The molecule has 0 aliphatic carbocycles. The maximum Gasteiger partial charge on any atom is 0.0594 e. The lowest BCUT2D eigenvalue weighted by atomic mass is 10.1. The highest BCUT2D eigenvalue weighted by Gasteiger charge is 2.16. The average molecular weight is 181 g/mol. The van der Waals surface area contributed by atoms with E-state index >= 15 is 0 Å². The summed E-state index contributed by atoms with van der Waals surface area (Å²) in [5, 5.41) is 0.